The van der Waals surface area contributed by atoms with Gasteiger partial charge in [-0.15, -0.1) is 0 Å². The lowest BCUT2D eigenvalue weighted by Crippen LogP contribution is -2.15. The maximum Gasteiger partial charge on any atom is 0.305 e. The molecule has 0 heterocycles. The quantitative estimate of drug-likeness (QED) is 0.764. The number of hydrogen-bond donors (Lipinski definition) is 2. The van der Waals surface area contributed by atoms with Gasteiger partial charge < -0.3 is 10.2 Å². The fraction of sp³-hybridized carbons (Fsp3) is 0.300. The van der Waals surface area contributed by atoms with E-state index < -0.39 is 12.1 Å². The van der Waals surface area contributed by atoms with E-state index in [9.17, 15) is 14.3 Å². The molecular weight excluding hydrogens is 187 g/mol. The van der Waals surface area contributed by atoms with Crippen LogP contribution in [0.4, 0.5) is 4.39 Å². The molecule has 0 fully saturated rings. The summed E-state index contributed by atoms with van der Waals surface area (Å²) in [6.45, 7) is 0. The maximum absolute atomic E-state index is 12.5. The van der Waals surface area contributed by atoms with Gasteiger partial charge in [-0.25, -0.2) is 4.39 Å². The third-order valence-corrected chi connectivity index (χ3v) is 1.79. The molecule has 0 amide bonds. The van der Waals surface area contributed by atoms with E-state index >= 15 is 0 Å². The lowest BCUT2D eigenvalue weighted by atomic mass is 10.1. The first-order valence-corrected chi connectivity index (χ1v) is 4.22. The summed E-state index contributed by atoms with van der Waals surface area (Å²) in [5.74, 6) is -1.39. The fourth-order valence-electron chi connectivity index (χ4n) is 1.17. The molecule has 1 atom stereocenters. The van der Waals surface area contributed by atoms with E-state index in [1.165, 1.54) is 24.3 Å². The molecule has 0 radical (unpaired) electrons. The molecule has 0 aliphatic carbocycles. The largest absolute Gasteiger partial charge is 0.481 e. The van der Waals surface area contributed by atoms with Gasteiger partial charge in [-0.2, -0.15) is 0 Å². The van der Waals surface area contributed by atoms with Crippen molar-refractivity contribution in [1.82, 2.24) is 0 Å². The molecule has 1 aromatic carbocycles. The highest BCUT2D eigenvalue weighted by atomic mass is 19.1. The normalized spacial score (nSPS) is 12.4. The SMILES string of the molecule is O=C(O)CC(O)Cc1ccc(F)cc1. The Morgan fingerprint density at radius 1 is 1.36 bits per heavy atom. The zero-order chi connectivity index (χ0) is 10.6. The number of carboxylic acid groups (broad SMARTS) is 1. The van der Waals surface area contributed by atoms with Crippen LogP contribution in [0.15, 0.2) is 24.3 Å². The van der Waals surface area contributed by atoms with Crippen molar-refractivity contribution in [3.8, 4) is 0 Å². The number of aliphatic hydroxyl groups is 1. The van der Waals surface area contributed by atoms with Crippen LogP contribution < -0.4 is 0 Å². The summed E-state index contributed by atoms with van der Waals surface area (Å²) in [6, 6.07) is 5.62. The van der Waals surface area contributed by atoms with Crippen molar-refractivity contribution in [2.24, 2.45) is 0 Å². The van der Waals surface area contributed by atoms with E-state index in [0.717, 1.165) is 5.56 Å². The van der Waals surface area contributed by atoms with Gasteiger partial charge in [0.05, 0.1) is 12.5 Å². The summed E-state index contributed by atoms with van der Waals surface area (Å²) in [6.07, 6.45) is -0.984. The van der Waals surface area contributed by atoms with Crippen LogP contribution in [0.25, 0.3) is 0 Å². The van der Waals surface area contributed by atoms with Gasteiger partial charge in [0.2, 0.25) is 0 Å². The third-order valence-electron chi connectivity index (χ3n) is 1.79. The van der Waals surface area contributed by atoms with Gasteiger partial charge in [0.25, 0.3) is 0 Å². The summed E-state index contributed by atoms with van der Waals surface area (Å²) < 4.78 is 12.5. The van der Waals surface area contributed by atoms with E-state index in [4.69, 9.17) is 5.11 Å². The van der Waals surface area contributed by atoms with Crippen molar-refractivity contribution < 1.29 is 19.4 Å². The summed E-state index contributed by atoms with van der Waals surface area (Å²) in [5, 5.41) is 17.7. The van der Waals surface area contributed by atoms with Crippen LogP contribution in [-0.4, -0.2) is 22.3 Å². The average Bonchev–Trinajstić information content (AvgIpc) is 2.07. The van der Waals surface area contributed by atoms with Crippen LogP contribution in [0.5, 0.6) is 0 Å². The van der Waals surface area contributed by atoms with Crippen LogP contribution in [0.1, 0.15) is 12.0 Å². The summed E-state index contributed by atoms with van der Waals surface area (Å²) in [5.41, 5.74) is 0.722. The Hall–Kier alpha value is -1.42. The van der Waals surface area contributed by atoms with E-state index in [1.54, 1.807) is 0 Å². The van der Waals surface area contributed by atoms with Crippen molar-refractivity contribution in [3.05, 3.63) is 35.6 Å². The van der Waals surface area contributed by atoms with Gasteiger partial charge in [0.15, 0.2) is 0 Å². The highest BCUT2D eigenvalue weighted by Gasteiger charge is 2.09. The molecule has 0 spiro atoms. The Labute approximate surface area is 80.8 Å². The number of aliphatic carboxylic acids is 1. The number of halogens is 1. The highest BCUT2D eigenvalue weighted by molar-refractivity contribution is 5.67. The first kappa shape index (κ1) is 10.7. The summed E-state index contributed by atoms with van der Waals surface area (Å²) in [4.78, 5) is 10.2. The van der Waals surface area contributed by atoms with E-state index in [1.807, 2.05) is 0 Å². The van der Waals surface area contributed by atoms with Crippen molar-refractivity contribution >= 4 is 5.97 Å². The van der Waals surface area contributed by atoms with Crippen LogP contribution in [0.2, 0.25) is 0 Å². The lowest BCUT2D eigenvalue weighted by molar-refractivity contribution is -0.139. The minimum absolute atomic E-state index is 0.229. The van der Waals surface area contributed by atoms with Crippen molar-refractivity contribution in [1.29, 1.82) is 0 Å². The molecule has 1 aromatic rings. The molecule has 0 saturated carbocycles. The monoisotopic (exact) mass is 198 g/mol. The average molecular weight is 198 g/mol. The minimum atomic E-state index is -1.04. The molecule has 0 aliphatic rings. The predicted octanol–water partition coefficient (Wildman–Crippen LogP) is 1.20. The zero-order valence-corrected chi connectivity index (χ0v) is 7.48. The number of benzene rings is 1. The Bertz CT molecular complexity index is 308. The number of hydrogen-bond acceptors (Lipinski definition) is 2. The molecule has 4 heteroatoms. The van der Waals surface area contributed by atoms with Crippen molar-refractivity contribution in [2.75, 3.05) is 0 Å². The molecule has 76 valence electrons. The Kier molecular flexibility index (Phi) is 3.59. The molecule has 1 unspecified atom stereocenters. The predicted molar refractivity (Wildman–Crippen MR) is 48.4 cm³/mol. The van der Waals surface area contributed by atoms with E-state index in [2.05, 4.69) is 0 Å². The molecule has 0 aliphatic heterocycles. The van der Waals surface area contributed by atoms with E-state index in [0.29, 0.717) is 0 Å². The second kappa shape index (κ2) is 4.72. The van der Waals surface area contributed by atoms with Gasteiger partial charge in [-0.3, -0.25) is 4.79 Å². The first-order valence-electron chi connectivity index (χ1n) is 4.22. The van der Waals surface area contributed by atoms with Crippen LogP contribution in [-0.2, 0) is 11.2 Å². The van der Waals surface area contributed by atoms with Crippen molar-refractivity contribution in [3.63, 3.8) is 0 Å². The summed E-state index contributed by atoms with van der Waals surface area (Å²) in [7, 11) is 0. The van der Waals surface area contributed by atoms with Gasteiger partial charge in [0.1, 0.15) is 5.82 Å². The van der Waals surface area contributed by atoms with Crippen molar-refractivity contribution in [2.45, 2.75) is 18.9 Å². The number of carboxylic acids is 1. The van der Waals surface area contributed by atoms with Gasteiger partial charge in [-0.05, 0) is 24.1 Å². The second-order valence-corrected chi connectivity index (χ2v) is 3.08. The minimum Gasteiger partial charge on any atom is -0.481 e. The number of carbonyl (C=O) groups is 1. The molecule has 2 N–H and O–H groups in total. The first-order chi connectivity index (χ1) is 6.58. The standard InChI is InChI=1S/C10H11FO3/c11-8-3-1-7(2-4-8)5-9(12)6-10(13)14/h1-4,9,12H,5-6H2,(H,13,14). The molecule has 0 aromatic heterocycles. The highest BCUT2D eigenvalue weighted by Crippen LogP contribution is 2.07. The zero-order valence-electron chi connectivity index (χ0n) is 7.48. The lowest BCUT2D eigenvalue weighted by Gasteiger charge is -2.07. The molecular formula is C10H11FO3. The van der Waals surface area contributed by atoms with Crippen LogP contribution >= 0.6 is 0 Å². The Balaban J connectivity index is 2.51. The Morgan fingerprint density at radius 2 is 1.93 bits per heavy atom. The molecule has 0 bridgehead atoms. The molecule has 14 heavy (non-hydrogen) atoms. The maximum atomic E-state index is 12.5. The molecule has 0 saturated heterocycles. The topological polar surface area (TPSA) is 57.5 Å². The van der Waals surface area contributed by atoms with Gasteiger partial charge in [-0.1, -0.05) is 12.1 Å². The Morgan fingerprint density at radius 3 is 2.43 bits per heavy atom. The molecule has 1 rings (SSSR count). The summed E-state index contributed by atoms with van der Waals surface area (Å²) >= 11 is 0. The van der Waals surface area contributed by atoms with Gasteiger partial charge >= 0.3 is 5.97 Å². The second-order valence-electron chi connectivity index (χ2n) is 3.08. The van der Waals surface area contributed by atoms with E-state index in [-0.39, 0.29) is 18.7 Å². The van der Waals surface area contributed by atoms with Gasteiger partial charge in [0, 0.05) is 0 Å². The number of rotatable bonds is 4. The number of aliphatic hydroxyl groups excluding tert-OH is 1. The third kappa shape index (κ3) is 3.53. The fourth-order valence-corrected chi connectivity index (χ4v) is 1.17. The molecule has 3 nitrogen and oxygen atoms in total. The van der Waals surface area contributed by atoms with Crippen LogP contribution in [0.3, 0.4) is 0 Å². The smallest absolute Gasteiger partial charge is 0.305 e. The van der Waals surface area contributed by atoms with Crippen LogP contribution in [0, 0.1) is 5.82 Å².